The molecular weight excluding hydrogens is 1040 g/mol. The lowest BCUT2D eigenvalue weighted by atomic mass is 10.1. The third-order valence-electron chi connectivity index (χ3n) is 9.16. The van der Waals surface area contributed by atoms with Crippen molar-refractivity contribution in [2.75, 3.05) is 52.4 Å². The molecule has 8 amide bonds. The molecule has 0 radical (unpaired) electrons. The average molecular weight is 1110 g/mol. The number of aliphatic imine (C=N–C) groups is 8. The second-order valence-electron chi connectivity index (χ2n) is 15.7. The Balaban J connectivity index is 7.15. The molecule has 0 rings (SSSR count). The van der Waals surface area contributed by atoms with Gasteiger partial charge >= 0.3 is 5.97 Å². The van der Waals surface area contributed by atoms with E-state index in [1.165, 1.54) is 0 Å². The first kappa shape index (κ1) is 67.3. The van der Waals surface area contributed by atoms with Crippen LogP contribution in [0, 0.1) is 0 Å². The Bertz CT molecular complexity index is 2360. The van der Waals surface area contributed by atoms with Gasteiger partial charge in [-0.3, -0.25) is 83.1 Å². The van der Waals surface area contributed by atoms with Crippen molar-refractivity contribution in [1.29, 1.82) is 0 Å². The largest absolute Gasteiger partial charge is 0.480 e. The Labute approximate surface area is 442 Å². The molecule has 0 aromatic rings. The smallest absolute Gasteiger partial charge is 0.325 e. The number of aliphatic carboxylic acids is 1. The van der Waals surface area contributed by atoms with Crippen molar-refractivity contribution in [3.63, 3.8) is 0 Å². The molecule has 0 aromatic carbocycles. The zero-order valence-corrected chi connectivity index (χ0v) is 41.9. The predicted molar refractivity (Wildman–Crippen MR) is 282 cm³/mol. The summed E-state index contributed by atoms with van der Waals surface area (Å²) in [6, 6.07) is -15.5. The number of carboxylic acid groups (broad SMARTS) is 1. The fourth-order valence-electron chi connectivity index (χ4n) is 5.31. The van der Waals surface area contributed by atoms with Gasteiger partial charge in [0.25, 0.3) is 0 Å². The fraction of sp³-hybridized carbons (Fsp3) is 0.514. The molecule has 0 aromatic heterocycles. The molecule has 0 fully saturated rings. The van der Waals surface area contributed by atoms with E-state index in [1.54, 1.807) is 0 Å². The van der Waals surface area contributed by atoms with E-state index in [0.717, 1.165) is 6.92 Å². The minimum absolute atomic E-state index is 0.400. The Kier molecular flexibility index (Phi) is 29.3. The van der Waals surface area contributed by atoms with Crippen molar-refractivity contribution in [2.24, 2.45) is 137 Å². The van der Waals surface area contributed by atoms with Crippen LogP contribution in [0.1, 0.15) is 6.92 Å². The number of amides is 8. The highest BCUT2D eigenvalue weighted by Crippen LogP contribution is 2.01. The van der Waals surface area contributed by atoms with E-state index in [9.17, 15) is 48.3 Å². The van der Waals surface area contributed by atoms with Crippen molar-refractivity contribution in [1.82, 2.24) is 42.5 Å². The van der Waals surface area contributed by atoms with Crippen LogP contribution in [0.4, 0.5) is 0 Å². The summed E-state index contributed by atoms with van der Waals surface area (Å²) < 4.78 is 0. The van der Waals surface area contributed by atoms with Gasteiger partial charge < -0.3 is 145 Å². The number of nitrogens with one attached hydrogen (secondary N) is 8. The molecule has 9 unspecified atom stereocenters. The predicted octanol–water partition coefficient (Wildman–Crippen LogP) is -18.5. The molecule has 0 saturated heterocycles. The standard InChI is InChI=1S/C35H71N33O10/c1-10(27(77)78)61-20(70)12(3-54-29(39)40)63-22(72)14(5-56-31(43)44)65-24(74)16(7-58-33(47)48)67-26(76)18(9-60-35(51)52)68-25(75)17(8-59-34(49)50)66-23(73)15(6-57-32(45)46)64-21(71)13(4-55-30(41)42)62-19(69)11(36)2-53-28(37)38/h10-18H,2-9,36H2,1H3,(H,61,70)(H,62,69)(H,63,72)(H,64,71)(H,65,74)(H,66,73)(H,67,76)(H,68,75)(H,77,78)(H4,37,38,53)(H4,39,40,54)(H4,41,42,55)(H4,43,44,56)(H4,45,46,57)(H4,47,48,58)(H4,49,50,59)(H4,51,52,60). The van der Waals surface area contributed by atoms with Crippen LogP contribution >= 0.6 is 0 Å². The van der Waals surface area contributed by atoms with Gasteiger partial charge in [0.2, 0.25) is 47.3 Å². The zero-order chi connectivity index (χ0) is 60.0. The van der Waals surface area contributed by atoms with Gasteiger partial charge in [0.05, 0.1) is 52.4 Å². The van der Waals surface area contributed by atoms with Crippen LogP contribution < -0.4 is 140 Å². The lowest BCUT2D eigenvalue weighted by Gasteiger charge is -2.26. The maximum absolute atomic E-state index is 14.1. The number of carbonyl (C=O) groups is 9. The number of nitrogens with two attached hydrogens (primary N) is 17. The summed E-state index contributed by atoms with van der Waals surface area (Å²) in [5, 5.41) is 27.2. The molecular formula is C35H71N33O10. The average Bonchev–Trinajstić information content (AvgIpc) is 3.33. The van der Waals surface area contributed by atoms with Crippen LogP contribution in [0.2, 0.25) is 0 Å². The van der Waals surface area contributed by atoms with Gasteiger partial charge in [-0.15, -0.1) is 0 Å². The summed E-state index contributed by atoms with van der Waals surface area (Å²) in [6.45, 7) is -4.39. The highest BCUT2D eigenvalue weighted by atomic mass is 16.4. The molecule has 0 heterocycles. The summed E-state index contributed by atoms with van der Waals surface area (Å²) >= 11 is 0. The second-order valence-corrected chi connectivity index (χ2v) is 15.7. The Morgan fingerprint density at radius 1 is 0.295 bits per heavy atom. The van der Waals surface area contributed by atoms with Crippen LogP contribution in [0.15, 0.2) is 39.9 Å². The minimum Gasteiger partial charge on any atom is -0.480 e. The SMILES string of the molecule is CC(NC(=O)C(CN=C(N)N)NC(=O)C(CN=C(N)N)NC(=O)C(CN=C(N)N)NC(=O)C(CN=C(N)N)NC(=O)C(CN=C(N)N)NC(=O)C(CN=C(N)N)NC(=O)C(CN=C(N)N)NC(=O)C(N)CN=C(N)N)C(=O)O. The van der Waals surface area contributed by atoms with E-state index < -0.39 is 208 Å². The quantitative estimate of drug-likeness (QED) is 0.0214. The molecule has 0 aliphatic carbocycles. The third kappa shape index (κ3) is 28.6. The Morgan fingerprint density at radius 3 is 0.615 bits per heavy atom. The van der Waals surface area contributed by atoms with Crippen molar-refractivity contribution in [2.45, 2.75) is 61.3 Å². The van der Waals surface area contributed by atoms with E-state index in [1.807, 2.05) is 0 Å². The summed E-state index contributed by atoms with van der Waals surface area (Å²) in [5.74, 6) is -15.3. The molecule has 0 saturated carbocycles. The second kappa shape index (κ2) is 34.0. The zero-order valence-electron chi connectivity index (χ0n) is 41.9. The first-order valence-corrected chi connectivity index (χ1v) is 22.1. The summed E-state index contributed by atoms with van der Waals surface area (Å²) in [7, 11) is 0. The van der Waals surface area contributed by atoms with Gasteiger partial charge in [0.1, 0.15) is 54.4 Å². The highest BCUT2D eigenvalue weighted by molar-refractivity contribution is 5.99. The number of hydrogen-bond acceptors (Lipinski definition) is 18. The minimum atomic E-state index is -1.90. The van der Waals surface area contributed by atoms with Crippen LogP contribution in [0.25, 0.3) is 0 Å². The Hall–Kier alpha value is -10.6. The molecule has 436 valence electrons. The molecule has 0 bridgehead atoms. The topological polar surface area (TPSA) is 811 Å². The van der Waals surface area contributed by atoms with Crippen LogP contribution in [-0.4, -0.2) is 213 Å². The van der Waals surface area contributed by atoms with Crippen molar-refractivity contribution < 1.29 is 48.3 Å². The molecule has 78 heavy (non-hydrogen) atoms. The van der Waals surface area contributed by atoms with Gasteiger partial charge in [0, 0.05) is 0 Å². The lowest BCUT2D eigenvalue weighted by molar-refractivity contribution is -0.141. The molecule has 0 spiro atoms. The van der Waals surface area contributed by atoms with Gasteiger partial charge in [-0.2, -0.15) is 0 Å². The Morgan fingerprint density at radius 2 is 0.449 bits per heavy atom. The van der Waals surface area contributed by atoms with E-state index >= 15 is 0 Å². The van der Waals surface area contributed by atoms with Crippen molar-refractivity contribution >= 4 is 101 Å². The molecule has 9 atom stereocenters. The molecule has 0 aliphatic heterocycles. The van der Waals surface area contributed by atoms with E-state index in [0.29, 0.717) is 0 Å². The number of carboxylic acids is 1. The normalized spacial score (nSPS) is 13.8. The molecule has 43 heteroatoms. The van der Waals surface area contributed by atoms with Gasteiger partial charge in [-0.25, -0.2) is 0 Å². The maximum Gasteiger partial charge on any atom is 0.325 e. The number of rotatable bonds is 33. The van der Waals surface area contributed by atoms with Crippen LogP contribution in [0.5, 0.6) is 0 Å². The summed E-state index contributed by atoms with van der Waals surface area (Å²) in [5.41, 5.74) is 93.0. The van der Waals surface area contributed by atoms with Gasteiger partial charge in [0.15, 0.2) is 47.7 Å². The third-order valence-corrected chi connectivity index (χ3v) is 9.16. The fourth-order valence-corrected chi connectivity index (χ4v) is 5.31. The number of guanidine groups is 8. The first-order valence-electron chi connectivity index (χ1n) is 22.1. The van der Waals surface area contributed by atoms with Crippen LogP contribution in [0.3, 0.4) is 0 Å². The summed E-state index contributed by atoms with van der Waals surface area (Å²) in [4.78, 5) is 150. The van der Waals surface area contributed by atoms with Crippen molar-refractivity contribution in [3.8, 4) is 0 Å². The maximum atomic E-state index is 14.1. The molecule has 43 N–H and O–H groups in total. The summed E-state index contributed by atoms with van der Waals surface area (Å²) in [6.07, 6.45) is 0. The molecule has 43 nitrogen and oxygen atoms in total. The first-order chi connectivity index (χ1) is 36.2. The number of carbonyl (C=O) groups excluding carboxylic acids is 8. The number of hydrogen-bond donors (Lipinski definition) is 26. The monoisotopic (exact) mass is 1110 g/mol. The van der Waals surface area contributed by atoms with E-state index in [4.69, 9.17) is 97.5 Å². The van der Waals surface area contributed by atoms with Crippen LogP contribution in [-0.2, 0) is 43.2 Å². The highest BCUT2D eigenvalue weighted by Gasteiger charge is 2.35. The van der Waals surface area contributed by atoms with E-state index in [-0.39, 0.29) is 0 Å². The van der Waals surface area contributed by atoms with Gasteiger partial charge in [-0.1, -0.05) is 0 Å². The lowest BCUT2D eigenvalue weighted by Crippen LogP contribution is -2.62. The van der Waals surface area contributed by atoms with E-state index in [2.05, 4.69) is 82.5 Å². The number of nitrogens with zero attached hydrogens (tertiary/aromatic N) is 8. The van der Waals surface area contributed by atoms with Crippen molar-refractivity contribution in [3.05, 3.63) is 0 Å². The van der Waals surface area contributed by atoms with Gasteiger partial charge in [-0.05, 0) is 6.92 Å². The molecule has 0 aliphatic rings.